The number of carbonyl (C=O) groups excluding carboxylic acids is 1. The second-order valence-corrected chi connectivity index (χ2v) is 3.46. The van der Waals surface area contributed by atoms with Crippen molar-refractivity contribution in [3.8, 4) is 0 Å². The summed E-state index contributed by atoms with van der Waals surface area (Å²) in [7, 11) is 0. The summed E-state index contributed by atoms with van der Waals surface area (Å²) in [5, 5.41) is 1.53. The predicted molar refractivity (Wildman–Crippen MR) is 46.4 cm³/mol. The van der Waals surface area contributed by atoms with Gasteiger partial charge >= 0.3 is 0 Å². The molecule has 12 heavy (non-hydrogen) atoms. The standard InChI is InChI=1S/C9H17NO2/c1-8(2)12-10-7-5-3-4-6-9(10)11/h8H,3-7H2,1-2H3. The molecule has 1 rings (SSSR count). The van der Waals surface area contributed by atoms with E-state index in [-0.39, 0.29) is 12.0 Å². The van der Waals surface area contributed by atoms with E-state index >= 15 is 0 Å². The summed E-state index contributed by atoms with van der Waals surface area (Å²) in [5.41, 5.74) is 0. The fourth-order valence-corrected chi connectivity index (χ4v) is 1.32. The van der Waals surface area contributed by atoms with Crippen LogP contribution in [-0.2, 0) is 9.63 Å². The highest BCUT2D eigenvalue weighted by Crippen LogP contribution is 2.12. The van der Waals surface area contributed by atoms with E-state index < -0.39 is 0 Å². The molecule has 0 saturated carbocycles. The Bertz CT molecular complexity index is 157. The van der Waals surface area contributed by atoms with Crippen LogP contribution in [0.25, 0.3) is 0 Å². The lowest BCUT2D eigenvalue weighted by atomic mass is 10.2. The molecule has 1 aliphatic rings. The van der Waals surface area contributed by atoms with Gasteiger partial charge in [0.25, 0.3) is 0 Å². The van der Waals surface area contributed by atoms with Gasteiger partial charge in [0, 0.05) is 13.0 Å². The number of amides is 1. The fraction of sp³-hybridized carbons (Fsp3) is 0.889. The molecule has 0 aromatic rings. The molecule has 1 heterocycles. The molecule has 0 unspecified atom stereocenters. The lowest BCUT2D eigenvalue weighted by molar-refractivity contribution is -0.199. The third-order valence-corrected chi connectivity index (χ3v) is 1.87. The summed E-state index contributed by atoms with van der Waals surface area (Å²) < 4.78 is 0. The molecule has 0 N–H and O–H groups in total. The molecular weight excluding hydrogens is 154 g/mol. The zero-order chi connectivity index (χ0) is 8.97. The van der Waals surface area contributed by atoms with Crippen LogP contribution < -0.4 is 0 Å². The summed E-state index contributed by atoms with van der Waals surface area (Å²) in [6.07, 6.45) is 3.97. The Balaban J connectivity index is 2.42. The first-order chi connectivity index (χ1) is 5.70. The van der Waals surface area contributed by atoms with E-state index in [4.69, 9.17) is 4.84 Å². The highest BCUT2D eigenvalue weighted by Gasteiger charge is 2.17. The van der Waals surface area contributed by atoms with Gasteiger partial charge in [0.1, 0.15) is 0 Å². The van der Waals surface area contributed by atoms with E-state index in [0.717, 1.165) is 25.8 Å². The van der Waals surface area contributed by atoms with Gasteiger partial charge in [0.2, 0.25) is 5.91 Å². The predicted octanol–water partition coefficient (Wildman–Crippen LogP) is 1.73. The van der Waals surface area contributed by atoms with Gasteiger partial charge in [-0.3, -0.25) is 9.63 Å². The topological polar surface area (TPSA) is 29.5 Å². The van der Waals surface area contributed by atoms with Crippen molar-refractivity contribution in [2.24, 2.45) is 0 Å². The second kappa shape index (κ2) is 4.45. The Hall–Kier alpha value is -0.570. The maximum absolute atomic E-state index is 11.4. The van der Waals surface area contributed by atoms with Crippen LogP contribution in [0.5, 0.6) is 0 Å². The van der Waals surface area contributed by atoms with Crippen LogP contribution in [0.4, 0.5) is 0 Å². The Morgan fingerprint density at radius 1 is 1.33 bits per heavy atom. The minimum atomic E-state index is 0.104. The summed E-state index contributed by atoms with van der Waals surface area (Å²) in [6, 6.07) is 0. The molecule has 0 aromatic carbocycles. The normalized spacial score (nSPS) is 19.9. The molecule has 0 bridgehead atoms. The summed E-state index contributed by atoms with van der Waals surface area (Å²) in [4.78, 5) is 16.7. The van der Waals surface area contributed by atoms with Crippen LogP contribution in [-0.4, -0.2) is 23.6 Å². The quantitative estimate of drug-likeness (QED) is 0.633. The average Bonchev–Trinajstić information content (AvgIpc) is 2.16. The molecule has 1 fully saturated rings. The zero-order valence-corrected chi connectivity index (χ0v) is 7.88. The number of nitrogens with zero attached hydrogens (tertiary/aromatic N) is 1. The van der Waals surface area contributed by atoms with Crippen molar-refractivity contribution in [1.29, 1.82) is 0 Å². The first-order valence-electron chi connectivity index (χ1n) is 4.67. The molecule has 1 saturated heterocycles. The SMILES string of the molecule is CC(C)ON1CCCCCC1=O. The molecule has 0 aliphatic carbocycles. The van der Waals surface area contributed by atoms with Gasteiger partial charge < -0.3 is 0 Å². The van der Waals surface area contributed by atoms with Crippen LogP contribution >= 0.6 is 0 Å². The molecular formula is C9H17NO2. The third kappa shape index (κ3) is 2.81. The fourth-order valence-electron chi connectivity index (χ4n) is 1.32. The lowest BCUT2D eigenvalue weighted by Gasteiger charge is -2.21. The second-order valence-electron chi connectivity index (χ2n) is 3.46. The van der Waals surface area contributed by atoms with Crippen molar-refractivity contribution >= 4 is 5.91 Å². The molecule has 0 atom stereocenters. The molecule has 70 valence electrons. The van der Waals surface area contributed by atoms with E-state index in [0.29, 0.717) is 6.42 Å². The third-order valence-electron chi connectivity index (χ3n) is 1.87. The number of carbonyl (C=O) groups is 1. The lowest BCUT2D eigenvalue weighted by Crippen LogP contribution is -2.32. The summed E-state index contributed by atoms with van der Waals surface area (Å²) in [5.74, 6) is 0.140. The van der Waals surface area contributed by atoms with Gasteiger partial charge in [-0.2, -0.15) is 0 Å². The minimum Gasteiger partial charge on any atom is -0.273 e. The van der Waals surface area contributed by atoms with Crippen LogP contribution in [0.1, 0.15) is 39.5 Å². The maximum Gasteiger partial charge on any atom is 0.246 e. The maximum atomic E-state index is 11.4. The summed E-state index contributed by atoms with van der Waals surface area (Å²) >= 11 is 0. The van der Waals surface area contributed by atoms with Gasteiger partial charge in [-0.1, -0.05) is 6.42 Å². The molecule has 0 aromatic heterocycles. The molecule has 1 amide bonds. The van der Waals surface area contributed by atoms with E-state index in [9.17, 15) is 4.79 Å². The molecule has 3 nitrogen and oxygen atoms in total. The summed E-state index contributed by atoms with van der Waals surface area (Å²) in [6.45, 7) is 4.65. The largest absolute Gasteiger partial charge is 0.273 e. The van der Waals surface area contributed by atoms with Gasteiger partial charge in [0.05, 0.1) is 6.10 Å². The van der Waals surface area contributed by atoms with Crippen molar-refractivity contribution in [3.63, 3.8) is 0 Å². The highest BCUT2D eigenvalue weighted by molar-refractivity contribution is 5.75. The number of hydrogen-bond donors (Lipinski definition) is 0. The van der Waals surface area contributed by atoms with E-state index in [1.807, 2.05) is 13.8 Å². The minimum absolute atomic E-state index is 0.104. The van der Waals surface area contributed by atoms with Crippen molar-refractivity contribution in [3.05, 3.63) is 0 Å². The van der Waals surface area contributed by atoms with E-state index in [1.165, 1.54) is 5.06 Å². The number of hydroxylamine groups is 2. The smallest absolute Gasteiger partial charge is 0.246 e. The van der Waals surface area contributed by atoms with Crippen molar-refractivity contribution in [2.75, 3.05) is 6.54 Å². The van der Waals surface area contributed by atoms with Crippen molar-refractivity contribution in [2.45, 2.75) is 45.6 Å². The van der Waals surface area contributed by atoms with E-state index in [2.05, 4.69) is 0 Å². The van der Waals surface area contributed by atoms with Gasteiger partial charge in [-0.25, -0.2) is 5.06 Å². The molecule has 3 heteroatoms. The number of hydrogen-bond acceptors (Lipinski definition) is 2. The van der Waals surface area contributed by atoms with Crippen LogP contribution in [0, 0.1) is 0 Å². The van der Waals surface area contributed by atoms with Crippen molar-refractivity contribution < 1.29 is 9.63 Å². The highest BCUT2D eigenvalue weighted by atomic mass is 16.7. The first-order valence-corrected chi connectivity index (χ1v) is 4.67. The Labute approximate surface area is 73.6 Å². The Kier molecular flexibility index (Phi) is 3.53. The van der Waals surface area contributed by atoms with Crippen LogP contribution in [0.2, 0.25) is 0 Å². The Morgan fingerprint density at radius 2 is 2.08 bits per heavy atom. The molecule has 0 spiro atoms. The number of rotatable bonds is 2. The van der Waals surface area contributed by atoms with Gasteiger partial charge in [0.15, 0.2) is 0 Å². The monoisotopic (exact) mass is 171 g/mol. The van der Waals surface area contributed by atoms with Crippen molar-refractivity contribution in [1.82, 2.24) is 5.06 Å². The zero-order valence-electron chi connectivity index (χ0n) is 7.88. The first kappa shape index (κ1) is 9.52. The van der Waals surface area contributed by atoms with E-state index in [1.54, 1.807) is 0 Å². The molecule has 1 aliphatic heterocycles. The Morgan fingerprint density at radius 3 is 2.75 bits per heavy atom. The van der Waals surface area contributed by atoms with Gasteiger partial charge in [-0.05, 0) is 26.7 Å². The molecule has 0 radical (unpaired) electrons. The van der Waals surface area contributed by atoms with Gasteiger partial charge in [-0.15, -0.1) is 0 Å². The van der Waals surface area contributed by atoms with Crippen LogP contribution in [0.3, 0.4) is 0 Å². The average molecular weight is 171 g/mol. The van der Waals surface area contributed by atoms with Crippen LogP contribution in [0.15, 0.2) is 0 Å².